The minimum Gasteiger partial charge on any atom is -0.490 e. The number of ether oxygens (including phenoxy) is 2. The largest absolute Gasteiger partial charge is 0.490 e. The molecule has 2 N–H and O–H groups in total. The monoisotopic (exact) mass is 463 g/mol. The van der Waals surface area contributed by atoms with Crippen LogP contribution in [-0.2, 0) is 28.9 Å². The summed E-state index contributed by atoms with van der Waals surface area (Å²) < 4.78 is 10.3. The number of anilines is 1. The summed E-state index contributed by atoms with van der Waals surface area (Å²) in [6.45, 7) is 5.60. The number of nitrogens with two attached hydrogens (primary N) is 1. The van der Waals surface area contributed by atoms with Crippen molar-refractivity contribution in [3.63, 3.8) is 0 Å². The number of carbonyl (C=O) groups excluding carboxylic acids is 1. The van der Waals surface area contributed by atoms with Gasteiger partial charge in [0.25, 0.3) is 0 Å². The Hall–Kier alpha value is -3.65. The Bertz CT molecular complexity index is 1260. The van der Waals surface area contributed by atoms with E-state index in [4.69, 9.17) is 15.2 Å². The van der Waals surface area contributed by atoms with Gasteiger partial charge in [-0.05, 0) is 65.9 Å². The van der Waals surface area contributed by atoms with E-state index in [9.17, 15) is 14.9 Å². The number of benzene rings is 3. The number of nitrogen functional groups attached to an aromatic ring is 1. The third-order valence-corrected chi connectivity index (χ3v) is 6.58. The zero-order valence-electron chi connectivity index (χ0n) is 19.7. The molecular weight excluding hydrogens is 434 g/mol. The number of hydrogen-bond acceptors (Lipinski definition) is 7. The minimum atomic E-state index is -0.344. The summed E-state index contributed by atoms with van der Waals surface area (Å²) in [6.07, 6.45) is 0.722. The summed E-state index contributed by atoms with van der Waals surface area (Å²) in [4.78, 5) is 25.7. The quantitative estimate of drug-likeness (QED) is 0.237. The number of rotatable bonds is 7. The standard InChI is InChI=1S/C26H29N3O5/c1-4-34-25(30)14-22-20-7-5-17(13-18(20)6-9-23(22)27)15-28-12-11-21-19(16(28)2)8-10-24(33-3)26(21)29(31)32/h5-10,13,16H,4,11-12,14-15,27H2,1-3H3. The fraction of sp³-hybridized carbons (Fsp3) is 0.346. The summed E-state index contributed by atoms with van der Waals surface area (Å²) >= 11 is 0. The lowest BCUT2D eigenvalue weighted by molar-refractivity contribution is -0.386. The Morgan fingerprint density at radius 2 is 2.03 bits per heavy atom. The van der Waals surface area contributed by atoms with Crippen LogP contribution >= 0.6 is 0 Å². The maximum Gasteiger partial charge on any atom is 0.314 e. The molecule has 8 heteroatoms. The van der Waals surface area contributed by atoms with Gasteiger partial charge in [-0.1, -0.05) is 24.3 Å². The molecule has 0 bridgehead atoms. The highest BCUT2D eigenvalue weighted by Gasteiger charge is 2.32. The molecule has 178 valence electrons. The molecule has 8 nitrogen and oxygen atoms in total. The number of fused-ring (bicyclic) bond motifs is 2. The topological polar surface area (TPSA) is 108 Å². The van der Waals surface area contributed by atoms with Gasteiger partial charge < -0.3 is 15.2 Å². The van der Waals surface area contributed by atoms with Gasteiger partial charge in [-0.2, -0.15) is 0 Å². The Morgan fingerprint density at radius 3 is 2.74 bits per heavy atom. The highest BCUT2D eigenvalue weighted by Crippen LogP contribution is 2.40. The number of nitro groups is 1. The van der Waals surface area contributed by atoms with Crippen molar-refractivity contribution in [2.45, 2.75) is 39.3 Å². The van der Waals surface area contributed by atoms with Gasteiger partial charge in [0, 0.05) is 30.4 Å². The third kappa shape index (κ3) is 4.41. The van der Waals surface area contributed by atoms with E-state index in [0.717, 1.165) is 33.0 Å². The van der Waals surface area contributed by atoms with Crippen molar-refractivity contribution >= 4 is 28.1 Å². The normalized spacial score (nSPS) is 15.7. The van der Waals surface area contributed by atoms with E-state index in [1.165, 1.54) is 7.11 Å². The van der Waals surface area contributed by atoms with E-state index < -0.39 is 0 Å². The van der Waals surface area contributed by atoms with Gasteiger partial charge >= 0.3 is 11.7 Å². The van der Waals surface area contributed by atoms with Crippen molar-refractivity contribution in [2.75, 3.05) is 26.0 Å². The average Bonchev–Trinajstić information content (AvgIpc) is 2.82. The number of nitro benzene ring substituents is 1. The molecule has 0 amide bonds. The average molecular weight is 464 g/mol. The zero-order chi connectivity index (χ0) is 24.4. The molecule has 1 aliphatic rings. The Morgan fingerprint density at radius 1 is 1.24 bits per heavy atom. The van der Waals surface area contributed by atoms with Crippen molar-refractivity contribution in [1.29, 1.82) is 0 Å². The van der Waals surface area contributed by atoms with E-state index in [1.54, 1.807) is 13.0 Å². The van der Waals surface area contributed by atoms with Crippen molar-refractivity contribution in [3.05, 3.63) is 74.8 Å². The van der Waals surface area contributed by atoms with Crippen LogP contribution in [0.5, 0.6) is 5.75 Å². The van der Waals surface area contributed by atoms with Crippen molar-refractivity contribution in [2.24, 2.45) is 0 Å². The first-order valence-corrected chi connectivity index (χ1v) is 11.4. The lowest BCUT2D eigenvalue weighted by Gasteiger charge is -2.35. The third-order valence-electron chi connectivity index (χ3n) is 6.58. The SMILES string of the molecule is CCOC(=O)Cc1c(N)ccc2cc(CN3CCc4c(ccc(OC)c4[N+](=O)[O-])C3C)ccc12. The first-order chi connectivity index (χ1) is 16.3. The van der Waals surface area contributed by atoms with Crippen LogP contribution in [0.2, 0.25) is 0 Å². The van der Waals surface area contributed by atoms with E-state index in [2.05, 4.69) is 24.0 Å². The molecule has 1 heterocycles. The predicted octanol–water partition coefficient (Wildman–Crippen LogP) is 4.56. The van der Waals surface area contributed by atoms with Gasteiger partial charge in [-0.25, -0.2) is 0 Å². The maximum atomic E-state index is 12.0. The van der Waals surface area contributed by atoms with Crippen LogP contribution in [0, 0.1) is 10.1 Å². The van der Waals surface area contributed by atoms with E-state index in [-0.39, 0.29) is 29.0 Å². The zero-order valence-corrected chi connectivity index (χ0v) is 19.7. The fourth-order valence-electron chi connectivity index (χ4n) is 4.86. The Kier molecular flexibility index (Phi) is 6.70. The number of hydrogen-bond donors (Lipinski definition) is 1. The second kappa shape index (κ2) is 9.69. The molecule has 1 unspecified atom stereocenters. The van der Waals surface area contributed by atoms with Gasteiger partial charge in [-0.3, -0.25) is 19.8 Å². The van der Waals surface area contributed by atoms with Gasteiger partial charge in [0.15, 0.2) is 5.75 Å². The lowest BCUT2D eigenvalue weighted by atomic mass is 9.91. The molecule has 3 aromatic rings. The minimum absolute atomic E-state index is 0.0230. The molecule has 0 radical (unpaired) electrons. The summed E-state index contributed by atoms with van der Waals surface area (Å²) in [5.41, 5.74) is 10.4. The van der Waals surface area contributed by atoms with Crippen molar-refractivity contribution in [3.8, 4) is 5.75 Å². The molecule has 1 aliphatic heterocycles. The molecular formula is C26H29N3O5. The van der Waals surface area contributed by atoms with Crippen LogP contribution in [0.25, 0.3) is 10.8 Å². The highest BCUT2D eigenvalue weighted by atomic mass is 16.6. The molecule has 0 saturated carbocycles. The highest BCUT2D eigenvalue weighted by molar-refractivity contribution is 5.93. The van der Waals surface area contributed by atoms with Crippen LogP contribution in [0.4, 0.5) is 11.4 Å². The van der Waals surface area contributed by atoms with Crippen LogP contribution in [0.15, 0.2) is 42.5 Å². The predicted molar refractivity (Wildman–Crippen MR) is 131 cm³/mol. The van der Waals surface area contributed by atoms with E-state index in [0.29, 0.717) is 37.6 Å². The summed E-state index contributed by atoms with van der Waals surface area (Å²) in [7, 11) is 1.46. The lowest BCUT2D eigenvalue weighted by Crippen LogP contribution is -2.33. The summed E-state index contributed by atoms with van der Waals surface area (Å²) in [5.74, 6) is 0.00846. The maximum absolute atomic E-state index is 12.0. The number of esters is 1. The number of methoxy groups -OCH3 is 1. The molecule has 1 atom stereocenters. The second-order valence-electron chi connectivity index (χ2n) is 8.51. The van der Waals surface area contributed by atoms with Crippen molar-refractivity contribution in [1.82, 2.24) is 4.90 Å². The van der Waals surface area contributed by atoms with Crippen LogP contribution in [-0.4, -0.2) is 36.1 Å². The molecule has 0 saturated heterocycles. The fourth-order valence-corrected chi connectivity index (χ4v) is 4.86. The Labute approximate surface area is 198 Å². The van der Waals surface area contributed by atoms with E-state index >= 15 is 0 Å². The molecule has 34 heavy (non-hydrogen) atoms. The first-order valence-electron chi connectivity index (χ1n) is 11.4. The molecule has 3 aromatic carbocycles. The molecule has 0 aromatic heterocycles. The molecule has 0 fully saturated rings. The van der Waals surface area contributed by atoms with Crippen LogP contribution in [0.1, 0.15) is 42.1 Å². The molecule has 0 spiro atoms. The van der Waals surface area contributed by atoms with Crippen molar-refractivity contribution < 1.29 is 19.2 Å². The number of carbonyl (C=O) groups is 1. The molecule has 4 rings (SSSR count). The van der Waals surface area contributed by atoms with E-state index in [1.807, 2.05) is 24.3 Å². The number of nitrogens with zero attached hydrogens (tertiary/aromatic N) is 2. The van der Waals surface area contributed by atoms with Gasteiger partial charge in [0.1, 0.15) is 0 Å². The van der Waals surface area contributed by atoms with Crippen LogP contribution in [0.3, 0.4) is 0 Å². The summed E-state index contributed by atoms with van der Waals surface area (Å²) in [5, 5.41) is 13.6. The second-order valence-corrected chi connectivity index (χ2v) is 8.51. The van der Waals surface area contributed by atoms with Gasteiger partial charge in [0.2, 0.25) is 0 Å². The van der Waals surface area contributed by atoms with Crippen LogP contribution < -0.4 is 10.5 Å². The van der Waals surface area contributed by atoms with Gasteiger partial charge in [0.05, 0.1) is 25.1 Å². The van der Waals surface area contributed by atoms with Gasteiger partial charge in [-0.15, -0.1) is 0 Å². The smallest absolute Gasteiger partial charge is 0.314 e. The first kappa shape index (κ1) is 23.5. The summed E-state index contributed by atoms with van der Waals surface area (Å²) in [6, 6.07) is 13.6. The Balaban J connectivity index is 1.60. The molecule has 0 aliphatic carbocycles.